The normalized spacial score (nSPS) is 14.1. The minimum absolute atomic E-state index is 0. The van der Waals surface area contributed by atoms with E-state index in [0.29, 0.717) is 0 Å². The molecule has 5 rings (SSSR count). The fourth-order valence-corrected chi connectivity index (χ4v) is 4.90. The van der Waals surface area contributed by atoms with Crippen LogP contribution in [0.3, 0.4) is 0 Å². The van der Waals surface area contributed by atoms with Crippen molar-refractivity contribution in [3.05, 3.63) is 95.7 Å². The molecule has 0 amide bonds. The quantitative estimate of drug-likeness (QED) is 0.304. The van der Waals surface area contributed by atoms with Crippen LogP contribution in [0.15, 0.2) is 95.0 Å². The summed E-state index contributed by atoms with van der Waals surface area (Å²) in [4.78, 5) is 3.59. The number of aromatic nitrogens is 1. The number of pyridine rings is 1. The molecular weight excluding hydrogens is 487 g/mol. The van der Waals surface area contributed by atoms with Crippen molar-refractivity contribution in [2.45, 2.75) is 4.90 Å². The van der Waals surface area contributed by atoms with Crippen molar-refractivity contribution in [3.8, 4) is 11.1 Å². The Balaban J connectivity index is 0.00000205. The highest BCUT2D eigenvalue weighted by molar-refractivity contribution is 8.03. The number of rotatable bonds is 2. The first-order valence-electron chi connectivity index (χ1n) is 9.41. The predicted molar refractivity (Wildman–Crippen MR) is 119 cm³/mol. The third kappa shape index (κ3) is 3.67. The molecule has 29 heavy (non-hydrogen) atoms. The van der Waals surface area contributed by atoms with Crippen LogP contribution in [-0.4, -0.2) is 7.05 Å². The minimum atomic E-state index is 0. The topological polar surface area (TPSA) is 7.12 Å². The van der Waals surface area contributed by atoms with Crippen LogP contribution >= 0.6 is 11.8 Å². The smallest absolute Gasteiger partial charge is 0.212 e. The van der Waals surface area contributed by atoms with Gasteiger partial charge in [-0.25, -0.2) is 4.57 Å². The van der Waals surface area contributed by atoms with E-state index in [1.54, 1.807) is 0 Å². The van der Waals surface area contributed by atoms with Gasteiger partial charge in [-0.3, -0.25) is 0 Å². The van der Waals surface area contributed by atoms with E-state index in [2.05, 4.69) is 115 Å². The predicted octanol–water partition coefficient (Wildman–Crippen LogP) is 2.88. The van der Waals surface area contributed by atoms with E-state index in [1.807, 2.05) is 11.8 Å². The van der Waals surface area contributed by atoms with Gasteiger partial charge in [-0.15, -0.1) is 0 Å². The van der Waals surface area contributed by atoms with Gasteiger partial charge in [0.1, 0.15) is 7.05 Å². The SMILES string of the molecule is CN1/C(=C/c2cc[n+](C)c3ccccc23)Sc2cc(-c3ccccc3)ccc21.[I-]. The Kier molecular flexibility index (Phi) is 5.65. The molecule has 0 aliphatic carbocycles. The average Bonchev–Trinajstić information content (AvgIpc) is 3.06. The summed E-state index contributed by atoms with van der Waals surface area (Å²) in [6.45, 7) is 0. The number of para-hydroxylation sites is 1. The van der Waals surface area contributed by atoms with E-state index in [1.165, 1.54) is 43.2 Å². The molecule has 0 N–H and O–H groups in total. The Bertz CT molecular complexity index is 1220. The van der Waals surface area contributed by atoms with Crippen molar-refractivity contribution in [2.24, 2.45) is 7.05 Å². The van der Waals surface area contributed by atoms with Crippen molar-refractivity contribution in [1.82, 2.24) is 0 Å². The average molecular weight is 508 g/mol. The zero-order valence-corrected chi connectivity index (χ0v) is 19.3. The standard InChI is InChI=1S/C25H21N2S.HI/c1-26-15-14-20(21-10-6-7-11-22(21)26)17-25-27(2)23-13-12-19(16-24(23)28-25)18-8-4-3-5-9-18;/h3-17H,1-2H3;1H/q+1;/p-1. The molecule has 0 unspecified atom stereocenters. The number of hydrogen-bond donors (Lipinski definition) is 0. The Hall–Kier alpha value is -2.31. The Morgan fingerprint density at radius 1 is 0.862 bits per heavy atom. The van der Waals surface area contributed by atoms with Crippen LogP contribution in [0, 0.1) is 0 Å². The molecule has 4 aromatic rings. The summed E-state index contributed by atoms with van der Waals surface area (Å²) in [5.74, 6) is 0. The number of halogens is 1. The highest BCUT2D eigenvalue weighted by atomic mass is 127. The van der Waals surface area contributed by atoms with Crippen LogP contribution in [0.4, 0.5) is 5.69 Å². The fourth-order valence-electron chi connectivity index (χ4n) is 3.76. The maximum absolute atomic E-state index is 2.30. The van der Waals surface area contributed by atoms with Crippen molar-refractivity contribution >= 4 is 34.4 Å². The first-order chi connectivity index (χ1) is 13.7. The molecule has 3 aromatic carbocycles. The second-order valence-electron chi connectivity index (χ2n) is 7.09. The summed E-state index contributed by atoms with van der Waals surface area (Å²) in [5.41, 5.74) is 6.28. The van der Waals surface area contributed by atoms with Gasteiger partial charge in [0.05, 0.1) is 16.1 Å². The number of hydrogen-bond acceptors (Lipinski definition) is 2. The third-order valence-electron chi connectivity index (χ3n) is 5.33. The minimum Gasteiger partial charge on any atom is -1.00 e. The molecule has 0 bridgehead atoms. The lowest BCUT2D eigenvalue weighted by atomic mass is 10.1. The van der Waals surface area contributed by atoms with E-state index < -0.39 is 0 Å². The molecule has 0 radical (unpaired) electrons. The highest BCUT2D eigenvalue weighted by Gasteiger charge is 2.23. The second kappa shape index (κ2) is 8.20. The third-order valence-corrected chi connectivity index (χ3v) is 6.47. The summed E-state index contributed by atoms with van der Waals surface area (Å²) >= 11 is 1.84. The molecule has 0 spiro atoms. The molecule has 1 aromatic heterocycles. The van der Waals surface area contributed by atoms with Crippen LogP contribution in [0.5, 0.6) is 0 Å². The van der Waals surface area contributed by atoms with E-state index in [9.17, 15) is 0 Å². The van der Waals surface area contributed by atoms with Crippen molar-refractivity contribution < 1.29 is 28.5 Å². The van der Waals surface area contributed by atoms with E-state index in [0.717, 1.165) is 0 Å². The molecule has 144 valence electrons. The number of nitrogens with zero attached hydrogens (tertiary/aromatic N) is 2. The number of thioether (sulfide) groups is 1. The Labute approximate surface area is 192 Å². The molecule has 0 fully saturated rings. The monoisotopic (exact) mass is 508 g/mol. The first-order valence-corrected chi connectivity index (χ1v) is 10.2. The Morgan fingerprint density at radius 2 is 1.62 bits per heavy atom. The van der Waals surface area contributed by atoms with Gasteiger partial charge in [0, 0.05) is 24.1 Å². The van der Waals surface area contributed by atoms with Crippen molar-refractivity contribution in [3.63, 3.8) is 0 Å². The maximum atomic E-state index is 2.30. The van der Waals surface area contributed by atoms with Crippen LogP contribution < -0.4 is 33.4 Å². The van der Waals surface area contributed by atoms with Gasteiger partial charge in [0.25, 0.3) is 0 Å². The van der Waals surface area contributed by atoms with Crippen molar-refractivity contribution in [2.75, 3.05) is 11.9 Å². The lowest BCUT2D eigenvalue weighted by molar-refractivity contribution is -0.644. The molecule has 0 saturated carbocycles. The molecule has 0 atom stereocenters. The molecule has 0 saturated heterocycles. The number of aryl methyl sites for hydroxylation is 1. The molecular formula is C25H21IN2S. The van der Waals surface area contributed by atoms with Gasteiger partial charge in [0.15, 0.2) is 6.20 Å². The van der Waals surface area contributed by atoms with Crippen LogP contribution in [0.1, 0.15) is 5.56 Å². The van der Waals surface area contributed by atoms with Crippen LogP contribution in [-0.2, 0) is 7.05 Å². The molecule has 2 heterocycles. The van der Waals surface area contributed by atoms with Gasteiger partial charge in [-0.2, -0.15) is 0 Å². The lowest BCUT2D eigenvalue weighted by Gasteiger charge is -2.14. The molecule has 1 aliphatic rings. The fraction of sp³-hybridized carbons (Fsp3) is 0.0800. The Morgan fingerprint density at radius 3 is 2.45 bits per heavy atom. The molecule has 4 heteroatoms. The number of anilines is 1. The summed E-state index contributed by atoms with van der Waals surface area (Å²) < 4.78 is 2.17. The first kappa shape index (κ1) is 20.0. The zero-order valence-electron chi connectivity index (χ0n) is 16.3. The molecule has 2 nitrogen and oxygen atoms in total. The van der Waals surface area contributed by atoms with Gasteiger partial charge in [0.2, 0.25) is 5.52 Å². The van der Waals surface area contributed by atoms with Gasteiger partial charge < -0.3 is 28.9 Å². The summed E-state index contributed by atoms with van der Waals surface area (Å²) in [7, 11) is 4.24. The van der Waals surface area contributed by atoms with Crippen LogP contribution in [0.25, 0.3) is 28.1 Å². The maximum Gasteiger partial charge on any atom is 0.212 e. The summed E-state index contributed by atoms with van der Waals surface area (Å²) in [6.07, 6.45) is 4.43. The zero-order chi connectivity index (χ0) is 19.1. The van der Waals surface area contributed by atoms with Gasteiger partial charge in [-0.1, -0.05) is 60.3 Å². The number of benzene rings is 3. The van der Waals surface area contributed by atoms with Gasteiger partial charge in [-0.05, 0) is 41.0 Å². The van der Waals surface area contributed by atoms with E-state index >= 15 is 0 Å². The lowest BCUT2D eigenvalue weighted by Crippen LogP contribution is -3.00. The second-order valence-corrected chi connectivity index (χ2v) is 8.15. The van der Waals surface area contributed by atoms with Gasteiger partial charge >= 0.3 is 0 Å². The highest BCUT2D eigenvalue weighted by Crippen LogP contribution is 2.47. The largest absolute Gasteiger partial charge is 1.00 e. The number of fused-ring (bicyclic) bond motifs is 2. The summed E-state index contributed by atoms with van der Waals surface area (Å²) in [5, 5.41) is 2.52. The van der Waals surface area contributed by atoms with E-state index in [-0.39, 0.29) is 24.0 Å². The summed E-state index contributed by atoms with van der Waals surface area (Å²) in [6, 6.07) is 28.1. The van der Waals surface area contributed by atoms with Crippen molar-refractivity contribution in [1.29, 1.82) is 0 Å². The van der Waals surface area contributed by atoms with Crippen LogP contribution in [0.2, 0.25) is 0 Å². The van der Waals surface area contributed by atoms with E-state index in [4.69, 9.17) is 0 Å². The molecule has 1 aliphatic heterocycles.